The molecule has 0 saturated carbocycles. The van der Waals surface area contributed by atoms with Crippen LogP contribution in [0.1, 0.15) is 68.3 Å². The second kappa shape index (κ2) is 9.47. The van der Waals surface area contributed by atoms with Crippen molar-refractivity contribution in [1.82, 2.24) is 24.4 Å². The van der Waals surface area contributed by atoms with E-state index in [4.69, 9.17) is 5.10 Å². The van der Waals surface area contributed by atoms with Crippen molar-refractivity contribution >= 4 is 17.2 Å². The first-order chi connectivity index (χ1) is 15.8. The molecule has 0 aliphatic carbocycles. The van der Waals surface area contributed by atoms with Gasteiger partial charge in [-0.05, 0) is 51.5 Å². The normalized spacial score (nSPS) is 17.9. The second-order valence-electron chi connectivity index (χ2n) is 9.67. The average Bonchev–Trinajstić information content (AvgIpc) is 3.38. The van der Waals surface area contributed by atoms with Crippen molar-refractivity contribution < 1.29 is 9.90 Å². The zero-order chi connectivity index (χ0) is 23.6. The highest BCUT2D eigenvalue weighted by Gasteiger charge is 2.32. The summed E-state index contributed by atoms with van der Waals surface area (Å²) in [5.41, 5.74) is 1.08. The molecule has 0 amide bonds. The minimum atomic E-state index is -0.911. The topological polar surface area (TPSA) is 88.5 Å². The molecule has 8 nitrogen and oxygen atoms in total. The molecule has 33 heavy (non-hydrogen) atoms. The molecule has 8 heteroatoms. The number of nitrogens with zero attached hydrogens (tertiary/aromatic N) is 6. The van der Waals surface area contributed by atoms with Crippen molar-refractivity contribution in [3.8, 4) is 0 Å². The number of allylic oxidation sites excluding steroid dienone is 1. The quantitative estimate of drug-likeness (QED) is 0.393. The number of aromatic nitrogens is 5. The van der Waals surface area contributed by atoms with Crippen LogP contribution in [0.3, 0.4) is 0 Å². The van der Waals surface area contributed by atoms with Gasteiger partial charge in [-0.25, -0.2) is 9.50 Å². The lowest BCUT2D eigenvalue weighted by molar-refractivity contribution is 0.0578. The minimum Gasteiger partial charge on any atom is -0.389 e. The molecular weight excluding hydrogens is 416 g/mol. The Morgan fingerprint density at radius 2 is 2.24 bits per heavy atom. The van der Waals surface area contributed by atoms with Gasteiger partial charge in [0.25, 0.3) is 0 Å². The van der Waals surface area contributed by atoms with E-state index in [1.54, 1.807) is 47.7 Å². The van der Waals surface area contributed by atoms with Gasteiger partial charge in [0, 0.05) is 37.2 Å². The molecule has 1 aliphatic rings. The number of fused-ring (bicyclic) bond motifs is 1. The third-order valence-electron chi connectivity index (χ3n) is 6.28. The molecule has 0 spiro atoms. The lowest BCUT2D eigenvalue weighted by atomic mass is 9.89. The Hall–Kier alpha value is -3.00. The number of carbonyl (C=O) groups is 1. The van der Waals surface area contributed by atoms with Crippen LogP contribution in [-0.4, -0.2) is 54.0 Å². The van der Waals surface area contributed by atoms with Crippen LogP contribution in [0.15, 0.2) is 43.5 Å². The molecule has 1 saturated heterocycles. The standard InChI is InChI=1S/C25H34N6O2/c1-5-9-18-10-7-12-29(15-18)24-21(16-30(28-24)17-25(3,4)33)19(6-2)22(32)20-14-27-31-13-8-11-26-23(20)31/h5,8,11,13-14,16,18-19,33H,1,6-7,9-10,12,15,17H2,2-4H3. The van der Waals surface area contributed by atoms with Crippen LogP contribution in [-0.2, 0) is 6.54 Å². The Bertz CT molecular complexity index is 1130. The molecular formula is C25H34N6O2. The van der Waals surface area contributed by atoms with E-state index in [-0.39, 0.29) is 11.7 Å². The van der Waals surface area contributed by atoms with Crippen LogP contribution in [0.2, 0.25) is 0 Å². The maximum atomic E-state index is 13.7. The molecule has 1 aliphatic heterocycles. The monoisotopic (exact) mass is 450 g/mol. The van der Waals surface area contributed by atoms with Gasteiger partial charge in [0.1, 0.15) is 0 Å². The number of aliphatic hydroxyl groups is 1. The first-order valence-corrected chi connectivity index (χ1v) is 11.8. The fourth-order valence-electron chi connectivity index (χ4n) is 4.82. The minimum absolute atomic E-state index is 0.00471. The Morgan fingerprint density at radius 3 is 2.97 bits per heavy atom. The number of hydrogen-bond acceptors (Lipinski definition) is 6. The number of carbonyl (C=O) groups excluding carboxylic acids is 1. The number of rotatable bonds is 9. The van der Waals surface area contributed by atoms with E-state index in [1.165, 1.54) is 6.42 Å². The fourth-order valence-corrected chi connectivity index (χ4v) is 4.82. The molecule has 3 aromatic heterocycles. The van der Waals surface area contributed by atoms with Crippen LogP contribution in [0.4, 0.5) is 5.82 Å². The lowest BCUT2D eigenvalue weighted by Crippen LogP contribution is -2.36. The average molecular weight is 451 g/mol. The smallest absolute Gasteiger partial charge is 0.175 e. The number of anilines is 1. The van der Waals surface area contributed by atoms with Crippen LogP contribution in [0, 0.1) is 5.92 Å². The van der Waals surface area contributed by atoms with E-state index >= 15 is 0 Å². The van der Waals surface area contributed by atoms with Crippen LogP contribution in [0.5, 0.6) is 0 Å². The van der Waals surface area contributed by atoms with Gasteiger partial charge in [-0.1, -0.05) is 13.0 Å². The molecule has 2 atom stereocenters. The van der Waals surface area contributed by atoms with Gasteiger partial charge >= 0.3 is 0 Å². The zero-order valence-corrected chi connectivity index (χ0v) is 19.8. The Morgan fingerprint density at radius 1 is 1.42 bits per heavy atom. The van der Waals surface area contributed by atoms with Crippen molar-refractivity contribution in [1.29, 1.82) is 0 Å². The highest BCUT2D eigenvalue weighted by Crippen LogP contribution is 2.35. The second-order valence-corrected chi connectivity index (χ2v) is 9.67. The predicted molar refractivity (Wildman–Crippen MR) is 129 cm³/mol. The van der Waals surface area contributed by atoms with Crippen LogP contribution >= 0.6 is 0 Å². The van der Waals surface area contributed by atoms with Crippen LogP contribution in [0.25, 0.3) is 5.65 Å². The van der Waals surface area contributed by atoms with Crippen molar-refractivity contribution in [2.24, 2.45) is 5.92 Å². The van der Waals surface area contributed by atoms with Crippen molar-refractivity contribution in [3.63, 3.8) is 0 Å². The van der Waals surface area contributed by atoms with E-state index < -0.39 is 5.60 Å². The summed E-state index contributed by atoms with van der Waals surface area (Å²) in [6.45, 7) is 11.6. The largest absolute Gasteiger partial charge is 0.389 e. The molecule has 0 aromatic carbocycles. The van der Waals surface area contributed by atoms with Crippen LogP contribution < -0.4 is 4.90 Å². The molecule has 2 unspecified atom stereocenters. The maximum absolute atomic E-state index is 13.7. The number of Topliss-reactive ketones (excluding diaryl/α,β-unsaturated/α-hetero) is 1. The van der Waals surface area contributed by atoms with Gasteiger partial charge in [-0.15, -0.1) is 6.58 Å². The molecule has 4 rings (SSSR count). The Balaban J connectivity index is 1.73. The van der Waals surface area contributed by atoms with E-state index in [0.29, 0.717) is 30.1 Å². The van der Waals surface area contributed by atoms with E-state index in [1.807, 2.05) is 19.2 Å². The fraction of sp³-hybridized carbons (Fsp3) is 0.520. The molecule has 0 radical (unpaired) electrons. The number of hydrogen-bond donors (Lipinski definition) is 1. The van der Waals surface area contributed by atoms with Gasteiger partial charge in [0.2, 0.25) is 0 Å². The summed E-state index contributed by atoms with van der Waals surface area (Å²) >= 11 is 0. The van der Waals surface area contributed by atoms with Crippen molar-refractivity contribution in [3.05, 3.63) is 54.6 Å². The van der Waals surface area contributed by atoms with Crippen molar-refractivity contribution in [2.45, 2.75) is 64.5 Å². The third kappa shape index (κ3) is 5.00. The van der Waals surface area contributed by atoms with E-state index in [2.05, 4.69) is 21.6 Å². The summed E-state index contributed by atoms with van der Waals surface area (Å²) in [7, 11) is 0. The van der Waals surface area contributed by atoms with Gasteiger partial charge in [-0.3, -0.25) is 9.48 Å². The lowest BCUT2D eigenvalue weighted by Gasteiger charge is -2.33. The molecule has 3 aromatic rings. The van der Waals surface area contributed by atoms with E-state index in [9.17, 15) is 9.90 Å². The highest BCUT2D eigenvalue weighted by atomic mass is 16.3. The maximum Gasteiger partial charge on any atom is 0.175 e. The molecule has 176 valence electrons. The van der Waals surface area contributed by atoms with Crippen molar-refractivity contribution in [2.75, 3.05) is 18.0 Å². The molecule has 4 heterocycles. The first-order valence-electron chi connectivity index (χ1n) is 11.8. The first kappa shape index (κ1) is 23.2. The van der Waals surface area contributed by atoms with Gasteiger partial charge in [-0.2, -0.15) is 10.2 Å². The summed E-state index contributed by atoms with van der Waals surface area (Å²) in [4.78, 5) is 20.4. The predicted octanol–water partition coefficient (Wildman–Crippen LogP) is 3.87. The highest BCUT2D eigenvalue weighted by molar-refractivity contribution is 6.05. The Kier molecular flexibility index (Phi) is 6.65. The van der Waals surface area contributed by atoms with Gasteiger partial charge < -0.3 is 10.0 Å². The summed E-state index contributed by atoms with van der Waals surface area (Å²) in [6, 6.07) is 1.79. The third-order valence-corrected chi connectivity index (χ3v) is 6.28. The van der Waals surface area contributed by atoms with E-state index in [0.717, 1.165) is 37.3 Å². The van der Waals surface area contributed by atoms with Gasteiger partial charge in [0.05, 0.1) is 29.8 Å². The molecule has 1 fully saturated rings. The Labute approximate surface area is 194 Å². The number of piperidine rings is 1. The summed E-state index contributed by atoms with van der Waals surface area (Å²) in [5, 5.41) is 19.6. The van der Waals surface area contributed by atoms with Gasteiger partial charge in [0.15, 0.2) is 17.2 Å². The zero-order valence-electron chi connectivity index (χ0n) is 19.8. The summed E-state index contributed by atoms with van der Waals surface area (Å²) < 4.78 is 3.41. The summed E-state index contributed by atoms with van der Waals surface area (Å²) in [6.07, 6.45) is 12.9. The summed E-state index contributed by atoms with van der Waals surface area (Å²) in [5.74, 6) is 1.00. The number of ketones is 1. The molecule has 1 N–H and O–H groups in total. The molecule has 0 bridgehead atoms. The SMILES string of the molecule is C=CCC1CCCN(c2nn(CC(C)(C)O)cc2C(CC)C(=O)c2cnn3cccnc23)C1.